The van der Waals surface area contributed by atoms with Crippen molar-refractivity contribution in [3.8, 4) is 0 Å². The number of nitrogens with one attached hydrogen (secondary N) is 1. The molecule has 0 spiro atoms. The fraction of sp³-hybridized carbons (Fsp3) is 0.923. The fourth-order valence-corrected chi connectivity index (χ4v) is 2.45. The highest BCUT2D eigenvalue weighted by atomic mass is 16.2. The molecule has 0 radical (unpaired) electrons. The zero-order chi connectivity index (χ0) is 12.0. The Kier molecular flexibility index (Phi) is 5.81. The quantitative estimate of drug-likeness (QED) is 0.722. The van der Waals surface area contributed by atoms with Crippen LogP contribution in [0.2, 0.25) is 0 Å². The monoisotopic (exact) mass is 226 g/mol. The van der Waals surface area contributed by atoms with Crippen LogP contribution in [0, 0.1) is 5.92 Å². The molecule has 1 rings (SSSR count). The number of carbonyl (C=O) groups is 1. The molecule has 1 aliphatic carbocycles. The van der Waals surface area contributed by atoms with Crippen molar-refractivity contribution in [2.75, 3.05) is 0 Å². The van der Waals surface area contributed by atoms with Gasteiger partial charge in [-0.1, -0.05) is 32.6 Å². The summed E-state index contributed by atoms with van der Waals surface area (Å²) in [5, 5.41) is 3.06. The standard InChI is InChI=1S/C13H26N2O/c1-3-12(14)13(16)15-10(2)11-8-6-4-5-7-9-11/h10-12H,3-9,14H2,1-2H3,(H,15,16)/t10-,12+/m1/s1. The molecule has 0 aromatic rings. The van der Waals surface area contributed by atoms with Gasteiger partial charge in [-0.3, -0.25) is 4.79 Å². The third kappa shape index (κ3) is 4.12. The van der Waals surface area contributed by atoms with Crippen LogP contribution in [0.25, 0.3) is 0 Å². The largest absolute Gasteiger partial charge is 0.352 e. The molecular formula is C13H26N2O. The van der Waals surface area contributed by atoms with E-state index in [-0.39, 0.29) is 18.0 Å². The van der Waals surface area contributed by atoms with Crippen molar-refractivity contribution in [1.82, 2.24) is 5.32 Å². The lowest BCUT2D eigenvalue weighted by Gasteiger charge is -2.24. The molecule has 0 heterocycles. The highest BCUT2D eigenvalue weighted by Gasteiger charge is 2.22. The summed E-state index contributed by atoms with van der Waals surface area (Å²) in [6.45, 7) is 4.07. The first-order valence-corrected chi connectivity index (χ1v) is 6.71. The SMILES string of the molecule is CC[C@H](N)C(=O)N[C@H](C)C1CCCCCC1. The first-order chi connectivity index (χ1) is 7.65. The van der Waals surface area contributed by atoms with Crippen LogP contribution in [0.3, 0.4) is 0 Å². The van der Waals surface area contributed by atoms with Gasteiger partial charge in [0.2, 0.25) is 5.91 Å². The van der Waals surface area contributed by atoms with Gasteiger partial charge in [-0.2, -0.15) is 0 Å². The number of nitrogens with two attached hydrogens (primary N) is 1. The van der Waals surface area contributed by atoms with Crippen LogP contribution in [0.5, 0.6) is 0 Å². The minimum Gasteiger partial charge on any atom is -0.352 e. The lowest BCUT2D eigenvalue weighted by molar-refractivity contribution is -0.123. The molecule has 94 valence electrons. The second kappa shape index (κ2) is 6.89. The van der Waals surface area contributed by atoms with E-state index in [1.54, 1.807) is 0 Å². The normalized spacial score (nSPS) is 22.2. The number of amides is 1. The molecule has 3 nitrogen and oxygen atoms in total. The smallest absolute Gasteiger partial charge is 0.237 e. The van der Waals surface area contributed by atoms with E-state index in [9.17, 15) is 4.79 Å². The fourth-order valence-electron chi connectivity index (χ4n) is 2.45. The molecule has 0 unspecified atom stereocenters. The summed E-state index contributed by atoms with van der Waals surface area (Å²) in [7, 11) is 0. The molecule has 0 aromatic heterocycles. The van der Waals surface area contributed by atoms with Crippen molar-refractivity contribution in [3.63, 3.8) is 0 Å². The van der Waals surface area contributed by atoms with E-state index < -0.39 is 0 Å². The summed E-state index contributed by atoms with van der Waals surface area (Å²) < 4.78 is 0. The lowest BCUT2D eigenvalue weighted by Crippen LogP contribution is -2.46. The maximum Gasteiger partial charge on any atom is 0.237 e. The predicted molar refractivity (Wildman–Crippen MR) is 67.1 cm³/mol. The zero-order valence-electron chi connectivity index (χ0n) is 10.7. The Morgan fingerprint density at radius 3 is 2.38 bits per heavy atom. The van der Waals surface area contributed by atoms with Gasteiger partial charge in [0.05, 0.1) is 6.04 Å². The van der Waals surface area contributed by atoms with Crippen LogP contribution in [0.1, 0.15) is 58.8 Å². The molecule has 0 saturated heterocycles. The average Bonchev–Trinajstić information content (AvgIpc) is 2.56. The topological polar surface area (TPSA) is 55.1 Å². The average molecular weight is 226 g/mol. The van der Waals surface area contributed by atoms with Crippen molar-refractivity contribution in [3.05, 3.63) is 0 Å². The van der Waals surface area contributed by atoms with Crippen LogP contribution < -0.4 is 11.1 Å². The highest BCUT2D eigenvalue weighted by Crippen LogP contribution is 2.25. The maximum atomic E-state index is 11.7. The van der Waals surface area contributed by atoms with Crippen LogP contribution >= 0.6 is 0 Å². The van der Waals surface area contributed by atoms with Gasteiger partial charge in [-0.25, -0.2) is 0 Å². The van der Waals surface area contributed by atoms with Crippen molar-refractivity contribution < 1.29 is 4.79 Å². The predicted octanol–water partition coefficient (Wildman–Crippen LogP) is 2.20. The summed E-state index contributed by atoms with van der Waals surface area (Å²) in [4.78, 5) is 11.7. The summed E-state index contributed by atoms with van der Waals surface area (Å²) in [6.07, 6.45) is 8.54. The number of carbonyl (C=O) groups excluding carboxylic acids is 1. The van der Waals surface area contributed by atoms with Gasteiger partial charge in [-0.05, 0) is 32.1 Å². The molecule has 0 bridgehead atoms. The molecular weight excluding hydrogens is 200 g/mol. The molecule has 3 N–H and O–H groups in total. The van der Waals surface area contributed by atoms with Crippen LogP contribution in [-0.2, 0) is 4.79 Å². The van der Waals surface area contributed by atoms with E-state index in [1.165, 1.54) is 38.5 Å². The first kappa shape index (κ1) is 13.5. The van der Waals surface area contributed by atoms with Crippen LogP contribution in [-0.4, -0.2) is 18.0 Å². The molecule has 1 fully saturated rings. The lowest BCUT2D eigenvalue weighted by atomic mass is 9.93. The van der Waals surface area contributed by atoms with Gasteiger partial charge >= 0.3 is 0 Å². The molecule has 3 heteroatoms. The van der Waals surface area contributed by atoms with Crippen molar-refractivity contribution in [1.29, 1.82) is 0 Å². The first-order valence-electron chi connectivity index (χ1n) is 6.71. The number of hydrogen-bond acceptors (Lipinski definition) is 2. The van der Waals surface area contributed by atoms with Crippen molar-refractivity contribution in [2.45, 2.75) is 70.9 Å². The molecule has 1 aliphatic rings. The minimum absolute atomic E-state index is 0.0132. The second-order valence-corrected chi connectivity index (χ2v) is 5.06. The molecule has 0 aromatic carbocycles. The third-order valence-electron chi connectivity index (χ3n) is 3.75. The van der Waals surface area contributed by atoms with E-state index in [4.69, 9.17) is 5.73 Å². The summed E-state index contributed by atoms with van der Waals surface area (Å²) >= 11 is 0. The van der Waals surface area contributed by atoms with Crippen molar-refractivity contribution in [2.24, 2.45) is 11.7 Å². The minimum atomic E-state index is -0.340. The number of rotatable bonds is 4. The van der Waals surface area contributed by atoms with Gasteiger partial charge in [0.15, 0.2) is 0 Å². The molecule has 16 heavy (non-hydrogen) atoms. The Hall–Kier alpha value is -0.570. The Morgan fingerprint density at radius 1 is 1.31 bits per heavy atom. The summed E-state index contributed by atoms with van der Waals surface area (Å²) in [5.41, 5.74) is 5.71. The Morgan fingerprint density at radius 2 is 1.88 bits per heavy atom. The number of hydrogen-bond donors (Lipinski definition) is 2. The summed E-state index contributed by atoms with van der Waals surface area (Å²) in [5.74, 6) is 0.662. The van der Waals surface area contributed by atoms with E-state index in [0.717, 1.165) is 0 Å². The van der Waals surface area contributed by atoms with Crippen LogP contribution in [0.4, 0.5) is 0 Å². The molecule has 1 amide bonds. The van der Waals surface area contributed by atoms with Gasteiger partial charge < -0.3 is 11.1 Å². The van der Waals surface area contributed by atoms with Gasteiger partial charge in [-0.15, -0.1) is 0 Å². The molecule has 0 aliphatic heterocycles. The van der Waals surface area contributed by atoms with Gasteiger partial charge in [0.1, 0.15) is 0 Å². The van der Waals surface area contributed by atoms with E-state index in [1.807, 2.05) is 6.92 Å². The van der Waals surface area contributed by atoms with E-state index >= 15 is 0 Å². The second-order valence-electron chi connectivity index (χ2n) is 5.06. The molecule has 1 saturated carbocycles. The summed E-state index contributed by atoms with van der Waals surface area (Å²) in [6, 6.07) is -0.0589. The molecule has 2 atom stereocenters. The van der Waals surface area contributed by atoms with Gasteiger partial charge in [0.25, 0.3) is 0 Å². The Labute approximate surface area is 99.2 Å². The Balaban J connectivity index is 2.37. The van der Waals surface area contributed by atoms with Gasteiger partial charge in [0, 0.05) is 6.04 Å². The van der Waals surface area contributed by atoms with E-state index in [0.29, 0.717) is 12.3 Å². The third-order valence-corrected chi connectivity index (χ3v) is 3.75. The van der Waals surface area contributed by atoms with Crippen molar-refractivity contribution >= 4 is 5.91 Å². The Bertz CT molecular complexity index is 210. The maximum absolute atomic E-state index is 11.7. The van der Waals surface area contributed by atoms with E-state index in [2.05, 4.69) is 12.2 Å². The highest BCUT2D eigenvalue weighted by molar-refractivity contribution is 5.81. The zero-order valence-corrected chi connectivity index (χ0v) is 10.7. The van der Waals surface area contributed by atoms with Crippen LogP contribution in [0.15, 0.2) is 0 Å².